The van der Waals surface area contributed by atoms with Gasteiger partial charge in [0.25, 0.3) is 0 Å². The highest BCUT2D eigenvalue weighted by Crippen LogP contribution is 2.31. The SMILES string of the molecule is COCCCOc1ccccc1C(C(N)=O)c1ccccc1. The van der Waals surface area contributed by atoms with Gasteiger partial charge in [-0.25, -0.2) is 0 Å². The Morgan fingerprint density at radius 1 is 1.05 bits per heavy atom. The van der Waals surface area contributed by atoms with Gasteiger partial charge in [-0.1, -0.05) is 48.5 Å². The van der Waals surface area contributed by atoms with Crippen molar-refractivity contribution in [3.05, 3.63) is 65.7 Å². The summed E-state index contributed by atoms with van der Waals surface area (Å²) >= 11 is 0. The fourth-order valence-electron chi connectivity index (χ4n) is 2.38. The molecule has 2 rings (SSSR count). The molecule has 2 aromatic carbocycles. The number of carbonyl (C=O) groups excluding carboxylic acids is 1. The molecule has 22 heavy (non-hydrogen) atoms. The van der Waals surface area contributed by atoms with Crippen LogP contribution in [0.1, 0.15) is 23.5 Å². The van der Waals surface area contributed by atoms with Gasteiger partial charge in [0.1, 0.15) is 5.75 Å². The van der Waals surface area contributed by atoms with Gasteiger partial charge in [-0.2, -0.15) is 0 Å². The molecule has 0 radical (unpaired) electrons. The summed E-state index contributed by atoms with van der Waals surface area (Å²) in [7, 11) is 1.66. The van der Waals surface area contributed by atoms with Crippen molar-refractivity contribution in [3.8, 4) is 5.75 Å². The van der Waals surface area contributed by atoms with E-state index >= 15 is 0 Å². The van der Waals surface area contributed by atoms with Crippen LogP contribution in [0.5, 0.6) is 5.75 Å². The molecule has 4 nitrogen and oxygen atoms in total. The van der Waals surface area contributed by atoms with E-state index < -0.39 is 5.92 Å². The Balaban J connectivity index is 2.26. The maximum atomic E-state index is 12.0. The third kappa shape index (κ3) is 4.09. The monoisotopic (exact) mass is 299 g/mol. The van der Waals surface area contributed by atoms with E-state index in [4.69, 9.17) is 15.2 Å². The summed E-state index contributed by atoms with van der Waals surface area (Å²) in [6.45, 7) is 1.17. The maximum absolute atomic E-state index is 12.0. The van der Waals surface area contributed by atoms with E-state index in [0.29, 0.717) is 19.0 Å². The summed E-state index contributed by atoms with van der Waals surface area (Å²) in [6, 6.07) is 17.0. The number of methoxy groups -OCH3 is 1. The Labute approximate surface area is 130 Å². The van der Waals surface area contributed by atoms with E-state index in [2.05, 4.69) is 0 Å². The molecule has 116 valence electrons. The highest BCUT2D eigenvalue weighted by molar-refractivity contribution is 5.86. The van der Waals surface area contributed by atoms with E-state index in [1.807, 2.05) is 54.6 Å². The zero-order chi connectivity index (χ0) is 15.8. The van der Waals surface area contributed by atoms with E-state index in [0.717, 1.165) is 17.5 Å². The molecule has 0 aliphatic heterocycles. The summed E-state index contributed by atoms with van der Waals surface area (Å²) in [6.07, 6.45) is 0.789. The number of rotatable bonds is 8. The zero-order valence-electron chi connectivity index (χ0n) is 12.7. The number of carbonyl (C=O) groups is 1. The summed E-state index contributed by atoms with van der Waals surface area (Å²) < 4.78 is 10.8. The molecule has 0 aliphatic carbocycles. The molecule has 2 aromatic rings. The smallest absolute Gasteiger partial charge is 0.229 e. The van der Waals surface area contributed by atoms with Crippen LogP contribution in [0.25, 0.3) is 0 Å². The number of hydrogen-bond acceptors (Lipinski definition) is 3. The van der Waals surface area contributed by atoms with Gasteiger partial charge >= 0.3 is 0 Å². The second-order valence-corrected chi connectivity index (χ2v) is 4.98. The predicted octanol–water partition coefficient (Wildman–Crippen LogP) is 2.72. The summed E-state index contributed by atoms with van der Waals surface area (Å²) in [4.78, 5) is 12.0. The van der Waals surface area contributed by atoms with Gasteiger partial charge in [0, 0.05) is 25.7 Å². The fourth-order valence-corrected chi connectivity index (χ4v) is 2.38. The first kappa shape index (κ1) is 16.0. The first-order valence-electron chi connectivity index (χ1n) is 7.29. The van der Waals surface area contributed by atoms with Crippen LogP contribution in [0.15, 0.2) is 54.6 Å². The molecule has 0 saturated heterocycles. The first-order valence-corrected chi connectivity index (χ1v) is 7.29. The quantitative estimate of drug-likeness (QED) is 0.762. The molecule has 2 N–H and O–H groups in total. The molecule has 0 heterocycles. The van der Waals surface area contributed by atoms with Crippen molar-refractivity contribution in [2.24, 2.45) is 5.73 Å². The van der Waals surface area contributed by atoms with Crippen LogP contribution < -0.4 is 10.5 Å². The highest BCUT2D eigenvalue weighted by atomic mass is 16.5. The van der Waals surface area contributed by atoms with Gasteiger partial charge in [0.2, 0.25) is 5.91 Å². The average Bonchev–Trinajstić information content (AvgIpc) is 2.54. The zero-order valence-corrected chi connectivity index (χ0v) is 12.7. The first-order chi connectivity index (χ1) is 10.7. The Morgan fingerprint density at radius 3 is 2.41 bits per heavy atom. The molecule has 0 saturated carbocycles. The van der Waals surface area contributed by atoms with Crippen molar-refractivity contribution >= 4 is 5.91 Å². The number of hydrogen-bond donors (Lipinski definition) is 1. The second-order valence-electron chi connectivity index (χ2n) is 4.98. The Kier molecular flexibility index (Phi) is 5.98. The van der Waals surface area contributed by atoms with Gasteiger partial charge in [0.05, 0.1) is 12.5 Å². The number of amides is 1. The third-order valence-electron chi connectivity index (χ3n) is 3.40. The number of nitrogens with two attached hydrogens (primary N) is 1. The maximum Gasteiger partial charge on any atom is 0.229 e. The molecular formula is C18H21NO3. The Bertz CT molecular complexity index is 598. The predicted molar refractivity (Wildman–Crippen MR) is 85.9 cm³/mol. The van der Waals surface area contributed by atoms with E-state index in [1.54, 1.807) is 7.11 Å². The standard InChI is InChI=1S/C18H21NO3/c1-21-12-7-13-22-16-11-6-5-10-15(16)17(18(19)20)14-8-3-2-4-9-14/h2-6,8-11,17H,7,12-13H2,1H3,(H2,19,20). The van der Waals surface area contributed by atoms with Gasteiger partial charge in [-0.05, 0) is 11.6 Å². The lowest BCUT2D eigenvalue weighted by atomic mass is 9.90. The van der Waals surface area contributed by atoms with Crippen LogP contribution in [-0.2, 0) is 9.53 Å². The van der Waals surface area contributed by atoms with Gasteiger partial charge in [-0.15, -0.1) is 0 Å². The number of primary amides is 1. The molecule has 0 aliphatic rings. The molecule has 1 atom stereocenters. The highest BCUT2D eigenvalue weighted by Gasteiger charge is 2.23. The van der Waals surface area contributed by atoms with Gasteiger partial charge in [-0.3, -0.25) is 4.79 Å². The lowest BCUT2D eigenvalue weighted by molar-refractivity contribution is -0.118. The van der Waals surface area contributed by atoms with Crippen LogP contribution >= 0.6 is 0 Å². The van der Waals surface area contributed by atoms with Crippen LogP contribution in [0.3, 0.4) is 0 Å². The Morgan fingerprint density at radius 2 is 1.73 bits per heavy atom. The van der Waals surface area contributed by atoms with Crippen LogP contribution in [-0.4, -0.2) is 26.2 Å². The molecule has 0 spiro atoms. The summed E-state index contributed by atoms with van der Waals surface area (Å²) in [5, 5.41) is 0. The summed E-state index contributed by atoms with van der Waals surface area (Å²) in [5.74, 6) is -0.217. The van der Waals surface area contributed by atoms with Crippen LogP contribution in [0.4, 0.5) is 0 Å². The van der Waals surface area contributed by atoms with Crippen molar-refractivity contribution in [2.45, 2.75) is 12.3 Å². The molecule has 4 heteroatoms. The van der Waals surface area contributed by atoms with E-state index in [-0.39, 0.29) is 5.91 Å². The number of benzene rings is 2. The van der Waals surface area contributed by atoms with Crippen molar-refractivity contribution in [2.75, 3.05) is 20.3 Å². The van der Waals surface area contributed by atoms with Crippen molar-refractivity contribution in [1.82, 2.24) is 0 Å². The molecule has 1 unspecified atom stereocenters. The fraction of sp³-hybridized carbons (Fsp3) is 0.278. The van der Waals surface area contributed by atoms with Crippen molar-refractivity contribution in [3.63, 3.8) is 0 Å². The van der Waals surface area contributed by atoms with Gasteiger partial charge in [0.15, 0.2) is 0 Å². The minimum Gasteiger partial charge on any atom is -0.493 e. The van der Waals surface area contributed by atoms with Crippen LogP contribution in [0.2, 0.25) is 0 Å². The largest absolute Gasteiger partial charge is 0.493 e. The molecule has 0 bridgehead atoms. The Hall–Kier alpha value is -2.33. The molecular weight excluding hydrogens is 278 g/mol. The van der Waals surface area contributed by atoms with Crippen LogP contribution in [0, 0.1) is 0 Å². The summed E-state index contributed by atoms with van der Waals surface area (Å²) in [5.41, 5.74) is 7.29. The molecule has 1 amide bonds. The minimum absolute atomic E-state index is 0.390. The normalized spacial score (nSPS) is 11.9. The lowest BCUT2D eigenvalue weighted by Crippen LogP contribution is -2.23. The number of para-hydroxylation sites is 1. The van der Waals surface area contributed by atoms with Crippen molar-refractivity contribution < 1.29 is 14.3 Å². The van der Waals surface area contributed by atoms with E-state index in [1.165, 1.54) is 0 Å². The lowest BCUT2D eigenvalue weighted by Gasteiger charge is -2.18. The average molecular weight is 299 g/mol. The molecule has 0 aromatic heterocycles. The number of ether oxygens (including phenoxy) is 2. The molecule has 0 fully saturated rings. The topological polar surface area (TPSA) is 61.6 Å². The van der Waals surface area contributed by atoms with Crippen molar-refractivity contribution in [1.29, 1.82) is 0 Å². The third-order valence-corrected chi connectivity index (χ3v) is 3.40. The van der Waals surface area contributed by atoms with Gasteiger partial charge < -0.3 is 15.2 Å². The second kappa shape index (κ2) is 8.20. The van der Waals surface area contributed by atoms with E-state index in [9.17, 15) is 4.79 Å². The minimum atomic E-state index is -0.514.